The average molecular weight is 522 g/mol. The number of hydrogen-bond donors (Lipinski definition) is 0. The Bertz CT molecular complexity index is 1170. The lowest BCUT2D eigenvalue weighted by molar-refractivity contribution is 0.0101. The molecule has 2 aromatic carbocycles. The lowest BCUT2D eigenvalue weighted by atomic mass is 9.90. The van der Waals surface area contributed by atoms with Crippen LogP contribution in [-0.4, -0.2) is 107 Å². The number of likely N-dealkylation sites (N-methyl/N-ethyl adjacent to an activating group) is 2. The van der Waals surface area contributed by atoms with E-state index in [1.165, 1.54) is 11.6 Å². The fourth-order valence-corrected chi connectivity index (χ4v) is 5.44. The van der Waals surface area contributed by atoms with E-state index in [-0.39, 0.29) is 17.8 Å². The van der Waals surface area contributed by atoms with Gasteiger partial charge in [-0.1, -0.05) is 28.9 Å². The van der Waals surface area contributed by atoms with Crippen LogP contribution in [0.5, 0.6) is 5.75 Å². The summed E-state index contributed by atoms with van der Waals surface area (Å²) in [4.78, 5) is 15.3. The highest BCUT2D eigenvalue weighted by Crippen LogP contribution is 2.36. The summed E-state index contributed by atoms with van der Waals surface area (Å²) in [5, 5.41) is 4.53. The Labute approximate surface area is 226 Å². The van der Waals surface area contributed by atoms with Gasteiger partial charge in [0.05, 0.1) is 5.92 Å². The van der Waals surface area contributed by atoms with Gasteiger partial charge in [0, 0.05) is 76.7 Å². The van der Waals surface area contributed by atoms with E-state index in [1.807, 2.05) is 6.07 Å². The molecule has 2 aromatic rings. The third kappa shape index (κ3) is 6.37. The topological polar surface area (TPSA) is 43.8 Å². The molecular weight excluding hydrogens is 481 g/mol. The predicted molar refractivity (Wildman–Crippen MR) is 152 cm³/mol. The first kappa shape index (κ1) is 26.7. The van der Waals surface area contributed by atoms with Crippen molar-refractivity contribution in [3.8, 4) is 5.75 Å². The van der Waals surface area contributed by atoms with Crippen molar-refractivity contribution in [1.29, 1.82) is 0 Å². The molecule has 0 amide bonds. The largest absolute Gasteiger partial charge is 0.492 e. The molecule has 1 saturated heterocycles. The second-order valence-electron chi connectivity index (χ2n) is 11.1. The maximum atomic E-state index is 13.5. The minimum Gasteiger partial charge on any atom is -0.492 e. The number of halogens is 1. The summed E-state index contributed by atoms with van der Waals surface area (Å²) < 4.78 is 19.7. The van der Waals surface area contributed by atoms with Crippen molar-refractivity contribution in [3.05, 3.63) is 65.0 Å². The van der Waals surface area contributed by atoms with Crippen LogP contribution in [0.15, 0.2) is 53.2 Å². The van der Waals surface area contributed by atoms with E-state index in [2.05, 4.69) is 77.1 Å². The lowest BCUT2D eigenvalue weighted by Crippen LogP contribution is -2.50. The summed E-state index contributed by atoms with van der Waals surface area (Å²) in [5.74, 6) is 0.865. The van der Waals surface area contributed by atoms with Gasteiger partial charge in [0.25, 0.3) is 0 Å². The molecule has 2 atom stereocenters. The molecule has 38 heavy (non-hydrogen) atoms. The second-order valence-corrected chi connectivity index (χ2v) is 11.1. The zero-order chi connectivity index (χ0) is 26.6. The quantitative estimate of drug-likeness (QED) is 0.502. The monoisotopic (exact) mass is 521 g/mol. The SMILES string of the molecule is C/C(=C\c1cccc(F)c1)CN1CCN(CC2ON=C3c4ccc(N(C)CCN(C)C)cc4OCC32)CC1. The van der Waals surface area contributed by atoms with Crippen molar-refractivity contribution in [3.63, 3.8) is 0 Å². The summed E-state index contributed by atoms with van der Waals surface area (Å²) in [6, 6.07) is 13.2. The molecule has 3 aliphatic heterocycles. The highest BCUT2D eigenvalue weighted by atomic mass is 19.1. The Morgan fingerprint density at radius 2 is 1.84 bits per heavy atom. The van der Waals surface area contributed by atoms with E-state index < -0.39 is 0 Å². The van der Waals surface area contributed by atoms with Crippen LogP contribution < -0.4 is 9.64 Å². The molecule has 0 aliphatic carbocycles. The molecule has 0 bridgehead atoms. The number of oxime groups is 1. The standard InChI is InChI=1S/C30H40FN5O2/c1-22(16-23-6-5-7-24(31)17-23)19-35-12-14-36(15-13-35)20-29-27-21-37-28-18-25(34(4)11-10-33(2)3)8-9-26(28)30(27)32-38-29/h5-9,16-18,27,29H,10-15,19-21H2,1-4H3/b22-16+. The fraction of sp³-hybridized carbons (Fsp3) is 0.500. The molecule has 5 rings (SSSR count). The van der Waals surface area contributed by atoms with Crippen LogP contribution in [-0.2, 0) is 4.84 Å². The number of benzene rings is 2. The van der Waals surface area contributed by atoms with Crippen molar-refractivity contribution in [1.82, 2.24) is 14.7 Å². The molecule has 0 aromatic heterocycles. The van der Waals surface area contributed by atoms with Crippen molar-refractivity contribution in [2.24, 2.45) is 11.1 Å². The van der Waals surface area contributed by atoms with Gasteiger partial charge in [0.1, 0.15) is 23.9 Å². The van der Waals surface area contributed by atoms with Crippen LogP contribution >= 0.6 is 0 Å². The van der Waals surface area contributed by atoms with Crippen molar-refractivity contribution in [2.45, 2.75) is 13.0 Å². The molecular formula is C30H40FN5O2. The normalized spacial score (nSPS) is 21.9. The lowest BCUT2D eigenvalue weighted by Gasteiger charge is -2.36. The van der Waals surface area contributed by atoms with Gasteiger partial charge in [-0.15, -0.1) is 0 Å². The molecule has 3 aliphatic rings. The van der Waals surface area contributed by atoms with Gasteiger partial charge < -0.3 is 19.4 Å². The number of piperazine rings is 1. The smallest absolute Gasteiger partial charge is 0.151 e. The van der Waals surface area contributed by atoms with E-state index >= 15 is 0 Å². The molecule has 0 spiro atoms. The van der Waals surface area contributed by atoms with Gasteiger partial charge >= 0.3 is 0 Å². The highest BCUT2D eigenvalue weighted by molar-refractivity contribution is 6.06. The van der Waals surface area contributed by atoms with Crippen molar-refractivity contribution >= 4 is 17.5 Å². The van der Waals surface area contributed by atoms with E-state index in [4.69, 9.17) is 9.57 Å². The number of rotatable bonds is 9. The van der Waals surface area contributed by atoms with Gasteiger partial charge in [-0.05, 0) is 50.8 Å². The van der Waals surface area contributed by atoms with Crippen molar-refractivity contribution < 1.29 is 14.0 Å². The van der Waals surface area contributed by atoms with Crippen LogP contribution in [0.4, 0.5) is 10.1 Å². The molecule has 0 N–H and O–H groups in total. The minimum absolute atomic E-state index is 0.0155. The molecule has 8 heteroatoms. The Morgan fingerprint density at radius 3 is 2.61 bits per heavy atom. The van der Waals surface area contributed by atoms with Gasteiger partial charge in [0.2, 0.25) is 0 Å². The molecule has 204 valence electrons. The van der Waals surface area contributed by atoms with Gasteiger partial charge in [-0.3, -0.25) is 9.80 Å². The minimum atomic E-state index is -0.193. The zero-order valence-electron chi connectivity index (χ0n) is 23.1. The molecule has 0 saturated carbocycles. The maximum absolute atomic E-state index is 13.5. The number of nitrogens with zero attached hydrogens (tertiary/aromatic N) is 5. The average Bonchev–Trinajstić information content (AvgIpc) is 3.31. The summed E-state index contributed by atoms with van der Waals surface area (Å²) in [6.07, 6.45) is 2.09. The molecule has 7 nitrogen and oxygen atoms in total. The first-order valence-electron chi connectivity index (χ1n) is 13.6. The van der Waals surface area contributed by atoms with Crippen LogP contribution in [0.2, 0.25) is 0 Å². The first-order valence-corrected chi connectivity index (χ1v) is 13.6. The van der Waals surface area contributed by atoms with Crippen LogP contribution in [0.1, 0.15) is 18.1 Å². The molecule has 3 heterocycles. The van der Waals surface area contributed by atoms with Crippen LogP contribution in [0.3, 0.4) is 0 Å². The van der Waals surface area contributed by atoms with E-state index in [0.29, 0.717) is 6.61 Å². The Balaban J connectivity index is 1.12. The van der Waals surface area contributed by atoms with E-state index in [9.17, 15) is 4.39 Å². The van der Waals surface area contributed by atoms with E-state index in [0.717, 1.165) is 80.6 Å². The third-order valence-corrected chi connectivity index (χ3v) is 7.71. The number of hydrogen-bond acceptors (Lipinski definition) is 7. The highest BCUT2D eigenvalue weighted by Gasteiger charge is 2.41. The fourth-order valence-electron chi connectivity index (χ4n) is 5.44. The summed E-state index contributed by atoms with van der Waals surface area (Å²) >= 11 is 0. The number of fused-ring (bicyclic) bond motifs is 3. The predicted octanol–water partition coefficient (Wildman–Crippen LogP) is 3.66. The Hall–Kier alpha value is -2.94. The van der Waals surface area contributed by atoms with Crippen LogP contribution in [0.25, 0.3) is 6.08 Å². The first-order chi connectivity index (χ1) is 18.4. The van der Waals surface area contributed by atoms with E-state index in [1.54, 1.807) is 12.1 Å². The number of anilines is 1. The molecule has 1 fully saturated rings. The molecule has 2 unspecified atom stereocenters. The van der Waals surface area contributed by atoms with Crippen LogP contribution in [0, 0.1) is 11.7 Å². The Morgan fingerprint density at radius 1 is 1.05 bits per heavy atom. The summed E-state index contributed by atoms with van der Waals surface area (Å²) in [6.45, 7) is 10.4. The van der Waals surface area contributed by atoms with Gasteiger partial charge in [0.15, 0.2) is 6.10 Å². The maximum Gasteiger partial charge on any atom is 0.151 e. The second kappa shape index (κ2) is 11.8. The van der Waals surface area contributed by atoms with Gasteiger partial charge in [-0.2, -0.15) is 0 Å². The number of ether oxygens (including phenoxy) is 1. The van der Waals surface area contributed by atoms with Crippen molar-refractivity contribution in [2.75, 3.05) is 85.0 Å². The zero-order valence-corrected chi connectivity index (χ0v) is 23.1. The summed E-state index contributed by atoms with van der Waals surface area (Å²) in [5.41, 5.74) is 5.39. The molecule has 0 radical (unpaired) electrons. The Kier molecular flexibility index (Phi) is 8.31. The summed E-state index contributed by atoms with van der Waals surface area (Å²) in [7, 11) is 6.30. The third-order valence-electron chi connectivity index (χ3n) is 7.71. The van der Waals surface area contributed by atoms with Gasteiger partial charge in [-0.25, -0.2) is 4.39 Å².